The maximum absolute atomic E-state index is 13.1. The van der Waals surface area contributed by atoms with Gasteiger partial charge in [-0.3, -0.25) is 0 Å². The van der Waals surface area contributed by atoms with Gasteiger partial charge in [0, 0.05) is 0 Å². The summed E-state index contributed by atoms with van der Waals surface area (Å²) in [6.45, 7) is 1.63. The number of nitrogens with zero attached hydrogens (tertiary/aromatic N) is 2. The molecule has 1 aromatic heterocycles. The van der Waals surface area contributed by atoms with Crippen molar-refractivity contribution in [1.29, 1.82) is 0 Å². The second kappa shape index (κ2) is 5.19. The molecule has 21 heavy (non-hydrogen) atoms. The van der Waals surface area contributed by atoms with E-state index in [1.165, 1.54) is 26.4 Å². The molecule has 0 amide bonds. The lowest BCUT2D eigenvalue weighted by molar-refractivity contribution is -0.675. The molecule has 0 aliphatic heterocycles. The standard InChI is InChI=1S/C10H10F7N2O2/c1-3-19-5-4-18(2)7(19)21-6(20)8(11,12)9(13,14)10(15,16)17/h4-5H,3H2,1-2H3/q+1. The van der Waals surface area contributed by atoms with E-state index in [0.29, 0.717) is 0 Å². The van der Waals surface area contributed by atoms with Crippen molar-refractivity contribution in [2.45, 2.75) is 31.5 Å². The topological polar surface area (TPSA) is 35.1 Å². The number of rotatable bonds is 4. The molecule has 0 saturated carbocycles. The van der Waals surface area contributed by atoms with Crippen molar-refractivity contribution in [3.05, 3.63) is 12.4 Å². The van der Waals surface area contributed by atoms with Crippen molar-refractivity contribution in [2.75, 3.05) is 0 Å². The Bertz CT molecular complexity index is 536. The molecule has 0 aliphatic carbocycles. The number of alkyl halides is 7. The summed E-state index contributed by atoms with van der Waals surface area (Å²) in [4.78, 5) is 11.1. The van der Waals surface area contributed by atoms with Gasteiger partial charge in [0.1, 0.15) is 12.4 Å². The highest BCUT2D eigenvalue weighted by atomic mass is 19.4. The van der Waals surface area contributed by atoms with Crippen molar-refractivity contribution >= 4 is 5.97 Å². The first kappa shape index (κ1) is 17.2. The number of aryl methyl sites for hydroxylation is 2. The fraction of sp³-hybridized carbons (Fsp3) is 0.600. The SMILES string of the molecule is CCn1cc[n+](C)c1OC(=O)C(F)(F)C(F)(F)C(F)(F)F. The molecule has 0 bridgehead atoms. The van der Waals surface area contributed by atoms with Crippen LogP contribution in [0.15, 0.2) is 12.4 Å². The molecule has 0 unspecified atom stereocenters. The fourth-order valence-electron chi connectivity index (χ4n) is 1.34. The van der Waals surface area contributed by atoms with E-state index in [1.807, 2.05) is 0 Å². The summed E-state index contributed by atoms with van der Waals surface area (Å²) in [6.07, 6.45) is -4.08. The van der Waals surface area contributed by atoms with Gasteiger partial charge in [0.25, 0.3) is 0 Å². The van der Waals surface area contributed by atoms with Gasteiger partial charge in [0.2, 0.25) is 0 Å². The zero-order valence-corrected chi connectivity index (χ0v) is 10.7. The summed E-state index contributed by atoms with van der Waals surface area (Å²) in [5.74, 6) is -15.6. The molecule has 0 fully saturated rings. The van der Waals surface area contributed by atoms with E-state index in [2.05, 4.69) is 4.74 Å². The third-order valence-corrected chi connectivity index (χ3v) is 2.55. The Morgan fingerprint density at radius 3 is 2.19 bits per heavy atom. The second-order valence-electron chi connectivity index (χ2n) is 4.01. The number of carbonyl (C=O) groups is 1. The number of imidazole rings is 1. The van der Waals surface area contributed by atoms with Crippen LogP contribution in [0, 0.1) is 0 Å². The van der Waals surface area contributed by atoms with E-state index in [1.54, 1.807) is 0 Å². The molecule has 0 radical (unpaired) electrons. The van der Waals surface area contributed by atoms with E-state index in [0.717, 1.165) is 9.13 Å². The molecule has 120 valence electrons. The quantitative estimate of drug-likeness (QED) is 0.483. The third kappa shape index (κ3) is 2.81. The van der Waals surface area contributed by atoms with Crippen molar-refractivity contribution in [2.24, 2.45) is 7.05 Å². The number of esters is 1. The average Bonchev–Trinajstić information content (AvgIpc) is 2.68. The minimum atomic E-state index is -6.59. The van der Waals surface area contributed by atoms with Gasteiger partial charge in [0.05, 0.1) is 13.6 Å². The first-order valence-electron chi connectivity index (χ1n) is 5.45. The Hall–Kier alpha value is -1.81. The number of hydrogen-bond acceptors (Lipinski definition) is 2. The highest BCUT2D eigenvalue weighted by Crippen LogP contribution is 2.46. The van der Waals surface area contributed by atoms with Crippen LogP contribution in [0.3, 0.4) is 0 Å². The van der Waals surface area contributed by atoms with Gasteiger partial charge in [-0.05, 0) is 6.92 Å². The number of carbonyl (C=O) groups excluding carboxylic acids is 1. The van der Waals surface area contributed by atoms with Crippen LogP contribution in [-0.2, 0) is 18.4 Å². The Morgan fingerprint density at radius 2 is 1.76 bits per heavy atom. The molecule has 1 aromatic rings. The lowest BCUT2D eigenvalue weighted by atomic mass is 10.1. The zero-order chi connectivity index (χ0) is 16.6. The van der Waals surface area contributed by atoms with Crippen LogP contribution < -0.4 is 9.30 Å². The van der Waals surface area contributed by atoms with Gasteiger partial charge in [0.15, 0.2) is 0 Å². The van der Waals surface area contributed by atoms with Gasteiger partial charge in [-0.1, -0.05) is 0 Å². The molecule has 1 heterocycles. The van der Waals surface area contributed by atoms with Crippen molar-refractivity contribution in [3.8, 4) is 6.01 Å². The Morgan fingerprint density at radius 1 is 1.24 bits per heavy atom. The van der Waals surface area contributed by atoms with E-state index in [4.69, 9.17) is 0 Å². The van der Waals surface area contributed by atoms with E-state index in [9.17, 15) is 35.5 Å². The molecular weight excluding hydrogens is 313 g/mol. The van der Waals surface area contributed by atoms with Crippen LogP contribution in [0.2, 0.25) is 0 Å². The summed E-state index contributed by atoms with van der Waals surface area (Å²) in [5, 5.41) is 0. The first-order chi connectivity index (χ1) is 9.36. The molecule has 0 atom stereocenters. The number of halogens is 7. The van der Waals surface area contributed by atoms with E-state index in [-0.39, 0.29) is 6.54 Å². The first-order valence-corrected chi connectivity index (χ1v) is 5.45. The van der Waals surface area contributed by atoms with Gasteiger partial charge in [-0.15, -0.1) is 0 Å². The highest BCUT2D eigenvalue weighted by Gasteiger charge is 2.77. The minimum absolute atomic E-state index is 0.116. The molecule has 0 aliphatic rings. The zero-order valence-electron chi connectivity index (χ0n) is 10.7. The average molecular weight is 323 g/mol. The molecular formula is C10H10F7N2O2+. The summed E-state index contributed by atoms with van der Waals surface area (Å²) in [5.41, 5.74) is 0. The van der Waals surface area contributed by atoms with Crippen LogP contribution in [0.25, 0.3) is 0 Å². The van der Waals surface area contributed by atoms with Crippen LogP contribution >= 0.6 is 0 Å². The van der Waals surface area contributed by atoms with Gasteiger partial charge >= 0.3 is 30.0 Å². The van der Waals surface area contributed by atoms with Crippen LogP contribution in [-0.4, -0.2) is 28.6 Å². The summed E-state index contributed by atoms with van der Waals surface area (Å²) in [7, 11) is 1.23. The number of hydrogen-bond donors (Lipinski definition) is 0. The van der Waals surface area contributed by atoms with Gasteiger partial charge in [-0.2, -0.15) is 39.9 Å². The Labute approximate surface area is 113 Å². The predicted molar refractivity (Wildman–Crippen MR) is 52.9 cm³/mol. The highest BCUT2D eigenvalue weighted by molar-refractivity contribution is 5.80. The van der Waals surface area contributed by atoms with Crippen LogP contribution in [0.1, 0.15) is 6.92 Å². The number of aromatic nitrogens is 2. The fourth-order valence-corrected chi connectivity index (χ4v) is 1.34. The summed E-state index contributed by atoms with van der Waals surface area (Å²) in [6, 6.07) is -0.597. The maximum Gasteiger partial charge on any atom is 0.463 e. The molecule has 4 nitrogen and oxygen atoms in total. The van der Waals surface area contributed by atoms with Gasteiger partial charge < -0.3 is 4.74 Å². The smallest absolute Gasteiger partial charge is 0.352 e. The molecule has 1 rings (SSSR count). The third-order valence-electron chi connectivity index (χ3n) is 2.55. The largest absolute Gasteiger partial charge is 0.463 e. The normalized spacial score (nSPS) is 13.4. The molecule has 0 N–H and O–H groups in total. The van der Waals surface area contributed by atoms with E-state index >= 15 is 0 Å². The van der Waals surface area contributed by atoms with Crippen molar-refractivity contribution < 1.29 is 44.8 Å². The van der Waals surface area contributed by atoms with Crippen LogP contribution in [0.4, 0.5) is 30.7 Å². The maximum atomic E-state index is 13.1. The number of ether oxygens (including phenoxy) is 1. The second-order valence-corrected chi connectivity index (χ2v) is 4.01. The van der Waals surface area contributed by atoms with Crippen molar-refractivity contribution in [1.82, 2.24) is 4.57 Å². The molecule has 11 heteroatoms. The minimum Gasteiger partial charge on any atom is -0.352 e. The summed E-state index contributed by atoms with van der Waals surface area (Å²) >= 11 is 0. The van der Waals surface area contributed by atoms with Gasteiger partial charge in [-0.25, -0.2) is 4.79 Å². The summed E-state index contributed by atoms with van der Waals surface area (Å²) < 4.78 is 93.4. The van der Waals surface area contributed by atoms with Crippen molar-refractivity contribution in [3.63, 3.8) is 0 Å². The molecule has 0 spiro atoms. The molecule has 0 aromatic carbocycles. The lowest BCUT2D eigenvalue weighted by Gasteiger charge is -2.25. The van der Waals surface area contributed by atoms with Crippen LogP contribution in [0.5, 0.6) is 6.01 Å². The monoisotopic (exact) mass is 323 g/mol. The Balaban J connectivity index is 3.10. The molecule has 0 saturated heterocycles. The van der Waals surface area contributed by atoms with E-state index < -0.39 is 30.0 Å². The lowest BCUT2D eigenvalue weighted by Crippen LogP contribution is -2.57. The Kier molecular flexibility index (Phi) is 4.26. The predicted octanol–water partition coefficient (Wildman–Crippen LogP) is 2.07.